The third-order valence-corrected chi connectivity index (χ3v) is 5.53. The van der Waals surface area contributed by atoms with Crippen molar-refractivity contribution in [2.24, 2.45) is 5.73 Å². The van der Waals surface area contributed by atoms with Crippen molar-refractivity contribution in [2.45, 2.75) is 12.6 Å². The number of halogens is 1. The number of hydrogen-bond acceptors (Lipinski definition) is 6. The van der Waals surface area contributed by atoms with E-state index >= 15 is 0 Å². The number of amides is 2. The molecular formula is C29H29FN4O4. The molecule has 0 radical (unpaired) electrons. The predicted molar refractivity (Wildman–Crippen MR) is 143 cm³/mol. The average Bonchev–Trinajstić information content (AvgIpc) is 2.92. The minimum atomic E-state index is -0.943. The highest BCUT2D eigenvalue weighted by molar-refractivity contribution is 5.98. The van der Waals surface area contributed by atoms with Crippen LogP contribution in [0.5, 0.6) is 0 Å². The molecule has 0 aromatic heterocycles. The van der Waals surface area contributed by atoms with Crippen LogP contribution in [0, 0.1) is 17.7 Å². The van der Waals surface area contributed by atoms with Gasteiger partial charge in [-0.2, -0.15) is 0 Å². The number of carbonyl (C=O) groups is 3. The Morgan fingerprint density at radius 1 is 0.947 bits per heavy atom. The molecule has 0 fully saturated rings. The fourth-order valence-corrected chi connectivity index (χ4v) is 3.51. The molecule has 2 amide bonds. The number of Topliss-reactive ketones (excluding diaryl/α,β-unsaturated/α-hetero) is 1. The molecule has 0 aliphatic carbocycles. The smallest absolute Gasteiger partial charge is 0.251 e. The summed E-state index contributed by atoms with van der Waals surface area (Å²) in [5, 5.41) is 14.3. The number of nitrogens with one attached hydrogen (secondary N) is 2. The van der Waals surface area contributed by atoms with E-state index in [2.05, 4.69) is 22.5 Å². The molecule has 3 rings (SSSR count). The summed E-state index contributed by atoms with van der Waals surface area (Å²) in [6, 6.07) is 18.9. The van der Waals surface area contributed by atoms with E-state index in [1.807, 2.05) is 11.9 Å². The molecule has 0 heterocycles. The molecule has 0 saturated carbocycles. The highest BCUT2D eigenvalue weighted by Gasteiger charge is 2.18. The number of nitrogens with zero attached hydrogens (tertiary/aromatic N) is 1. The van der Waals surface area contributed by atoms with Crippen molar-refractivity contribution in [2.75, 3.05) is 32.1 Å². The minimum Gasteiger partial charge on any atom is -0.388 e. The Balaban J connectivity index is 1.51. The summed E-state index contributed by atoms with van der Waals surface area (Å²) in [7, 11) is 1.82. The maximum absolute atomic E-state index is 13.0. The summed E-state index contributed by atoms with van der Waals surface area (Å²) in [5.74, 6) is 4.55. The van der Waals surface area contributed by atoms with Crippen LogP contribution in [0.4, 0.5) is 10.1 Å². The molecule has 0 saturated heterocycles. The first-order chi connectivity index (χ1) is 18.3. The Bertz CT molecular complexity index is 1310. The van der Waals surface area contributed by atoms with Crippen LogP contribution in [0.1, 0.15) is 27.0 Å². The third-order valence-electron chi connectivity index (χ3n) is 5.53. The fourth-order valence-electron chi connectivity index (χ4n) is 3.51. The van der Waals surface area contributed by atoms with Crippen LogP contribution in [0.25, 0.3) is 0 Å². The second-order valence-corrected chi connectivity index (χ2v) is 8.64. The van der Waals surface area contributed by atoms with Crippen molar-refractivity contribution in [1.29, 1.82) is 0 Å². The molecular weight excluding hydrogens is 487 g/mol. The van der Waals surface area contributed by atoms with Gasteiger partial charge in [-0.3, -0.25) is 19.3 Å². The first-order valence-electron chi connectivity index (χ1n) is 11.9. The van der Waals surface area contributed by atoms with Crippen molar-refractivity contribution in [3.05, 3.63) is 101 Å². The van der Waals surface area contributed by atoms with E-state index in [1.165, 1.54) is 12.1 Å². The first kappa shape index (κ1) is 28.2. The van der Waals surface area contributed by atoms with Crippen molar-refractivity contribution in [3.8, 4) is 11.8 Å². The van der Waals surface area contributed by atoms with Crippen LogP contribution in [0.3, 0.4) is 0 Å². The molecule has 3 aromatic rings. The van der Waals surface area contributed by atoms with E-state index in [9.17, 15) is 18.8 Å². The topological polar surface area (TPSA) is 125 Å². The molecule has 3 aromatic carbocycles. The van der Waals surface area contributed by atoms with Gasteiger partial charge in [-0.1, -0.05) is 24.0 Å². The van der Waals surface area contributed by atoms with E-state index in [0.717, 1.165) is 11.1 Å². The monoisotopic (exact) mass is 516 g/mol. The molecule has 0 spiro atoms. The van der Waals surface area contributed by atoms with Gasteiger partial charge in [-0.25, -0.2) is 4.39 Å². The second kappa shape index (κ2) is 13.8. The summed E-state index contributed by atoms with van der Waals surface area (Å²) in [6.45, 7) is -0.102. The molecule has 0 aliphatic rings. The van der Waals surface area contributed by atoms with Gasteiger partial charge in [0.2, 0.25) is 5.91 Å². The van der Waals surface area contributed by atoms with E-state index in [0.29, 0.717) is 23.4 Å². The van der Waals surface area contributed by atoms with E-state index in [4.69, 9.17) is 10.8 Å². The maximum Gasteiger partial charge on any atom is 0.251 e. The highest BCUT2D eigenvalue weighted by atomic mass is 19.1. The van der Waals surface area contributed by atoms with Gasteiger partial charge in [0.05, 0.1) is 6.54 Å². The van der Waals surface area contributed by atoms with E-state index < -0.39 is 24.3 Å². The van der Waals surface area contributed by atoms with Crippen molar-refractivity contribution in [1.82, 2.24) is 10.2 Å². The van der Waals surface area contributed by atoms with Gasteiger partial charge < -0.3 is 21.5 Å². The first-order valence-corrected chi connectivity index (χ1v) is 11.9. The number of aliphatic hydroxyl groups excluding tert-OH is 1. The van der Waals surface area contributed by atoms with Gasteiger partial charge in [0.1, 0.15) is 18.5 Å². The lowest BCUT2D eigenvalue weighted by Crippen LogP contribution is -2.46. The van der Waals surface area contributed by atoms with E-state index in [1.54, 1.807) is 60.7 Å². The zero-order valence-electron chi connectivity index (χ0n) is 20.9. The van der Waals surface area contributed by atoms with Crippen molar-refractivity contribution in [3.63, 3.8) is 0 Å². The van der Waals surface area contributed by atoms with E-state index in [-0.39, 0.29) is 24.8 Å². The number of hydrogen-bond donors (Lipinski definition) is 4. The van der Waals surface area contributed by atoms with Crippen LogP contribution in [0.2, 0.25) is 0 Å². The molecule has 0 unspecified atom stereocenters. The number of anilines is 1. The summed E-state index contributed by atoms with van der Waals surface area (Å²) >= 11 is 0. The molecule has 38 heavy (non-hydrogen) atoms. The van der Waals surface area contributed by atoms with Crippen molar-refractivity contribution < 1.29 is 23.9 Å². The quantitative estimate of drug-likeness (QED) is 0.305. The van der Waals surface area contributed by atoms with Crippen molar-refractivity contribution >= 4 is 23.3 Å². The number of aliphatic hydroxyl groups is 1. The van der Waals surface area contributed by atoms with Gasteiger partial charge in [-0.05, 0) is 73.3 Å². The zero-order chi connectivity index (χ0) is 27.5. The summed E-state index contributed by atoms with van der Waals surface area (Å²) < 4.78 is 13.0. The molecule has 196 valence electrons. The number of rotatable bonds is 10. The number of ketones is 1. The minimum absolute atomic E-state index is 0.105. The van der Waals surface area contributed by atoms with Crippen LogP contribution >= 0.6 is 0 Å². The standard InChI is InChI=1S/C29H29FN4O4/c1-34(17-22-6-12-24(30)13-7-22)18-28(37)32-25-14-8-21(9-15-25)3-2-20-4-10-23(11-5-20)29(38)33-26(16-31)27(36)19-35/h4-15,26,35H,16-19,31H2,1H3,(H,32,37)(H,33,38)/t26-/m0/s1. The van der Waals surface area contributed by atoms with Gasteiger partial charge in [0, 0.05) is 35.5 Å². The lowest BCUT2D eigenvalue weighted by molar-refractivity contribution is -0.123. The molecule has 5 N–H and O–H groups in total. The lowest BCUT2D eigenvalue weighted by Gasteiger charge is -2.16. The van der Waals surface area contributed by atoms with Crippen LogP contribution in [-0.2, 0) is 16.1 Å². The number of nitrogens with two attached hydrogens (primary N) is 1. The molecule has 0 aliphatic heterocycles. The Kier molecular flexibility index (Phi) is 10.3. The Morgan fingerprint density at radius 3 is 2.08 bits per heavy atom. The van der Waals surface area contributed by atoms with Gasteiger partial charge in [0.15, 0.2) is 5.78 Å². The lowest BCUT2D eigenvalue weighted by atomic mass is 10.1. The second-order valence-electron chi connectivity index (χ2n) is 8.64. The molecule has 8 nitrogen and oxygen atoms in total. The average molecular weight is 517 g/mol. The van der Waals surface area contributed by atoms with Crippen LogP contribution < -0.4 is 16.4 Å². The largest absolute Gasteiger partial charge is 0.388 e. The normalized spacial score (nSPS) is 11.3. The summed E-state index contributed by atoms with van der Waals surface area (Å²) in [4.78, 5) is 38.1. The Hall–Kier alpha value is -4.36. The predicted octanol–water partition coefficient (Wildman–Crippen LogP) is 1.91. The Morgan fingerprint density at radius 2 is 1.53 bits per heavy atom. The third kappa shape index (κ3) is 8.64. The van der Waals surface area contributed by atoms with Crippen LogP contribution in [0.15, 0.2) is 72.8 Å². The fraction of sp³-hybridized carbons (Fsp3) is 0.207. The summed E-state index contributed by atoms with van der Waals surface area (Å²) in [6.07, 6.45) is 0. The molecule has 1 atom stereocenters. The highest BCUT2D eigenvalue weighted by Crippen LogP contribution is 2.11. The van der Waals surface area contributed by atoms with Crippen LogP contribution in [-0.4, -0.2) is 60.4 Å². The SMILES string of the molecule is CN(CC(=O)Nc1ccc(C#Cc2ccc(C(=O)N[C@@H](CN)C(=O)CO)cc2)cc1)Cc1ccc(F)cc1. The van der Waals surface area contributed by atoms with Gasteiger partial charge in [-0.15, -0.1) is 0 Å². The number of benzene rings is 3. The molecule has 9 heteroatoms. The number of likely N-dealkylation sites (N-methyl/N-ethyl adjacent to an activating group) is 1. The summed E-state index contributed by atoms with van der Waals surface area (Å²) in [5.41, 5.74) is 8.80. The number of carbonyl (C=O) groups excluding carboxylic acids is 3. The Labute approximate surface area is 220 Å². The zero-order valence-corrected chi connectivity index (χ0v) is 20.9. The van der Waals surface area contributed by atoms with Gasteiger partial charge >= 0.3 is 0 Å². The maximum atomic E-state index is 13.0. The molecule has 0 bridgehead atoms. The van der Waals surface area contributed by atoms with Gasteiger partial charge in [0.25, 0.3) is 5.91 Å².